The Morgan fingerprint density at radius 3 is 2.40 bits per heavy atom. The van der Waals surface area contributed by atoms with E-state index in [1.54, 1.807) is 0 Å². The van der Waals surface area contributed by atoms with E-state index in [0.717, 1.165) is 0 Å². The molecule has 0 fully saturated rings. The fraction of sp³-hybridized carbons (Fsp3) is 0.286. The SMILES string of the molecule is C=C1C(O)=C(O)/C1=N\CC. The summed E-state index contributed by atoms with van der Waals surface area (Å²) >= 11 is 0. The normalized spacial score (nSPS) is 21.7. The summed E-state index contributed by atoms with van der Waals surface area (Å²) in [6.45, 7) is 5.93. The van der Waals surface area contributed by atoms with E-state index in [2.05, 4.69) is 11.6 Å². The maximum Gasteiger partial charge on any atom is 0.184 e. The molecule has 1 aliphatic rings. The van der Waals surface area contributed by atoms with E-state index in [-0.39, 0.29) is 11.5 Å². The van der Waals surface area contributed by atoms with Crippen molar-refractivity contribution in [3.05, 3.63) is 23.7 Å². The summed E-state index contributed by atoms with van der Waals surface area (Å²) < 4.78 is 0. The van der Waals surface area contributed by atoms with Crippen LogP contribution in [0, 0.1) is 0 Å². The first-order valence-corrected chi connectivity index (χ1v) is 3.05. The largest absolute Gasteiger partial charge is 0.504 e. The Labute approximate surface area is 59.0 Å². The van der Waals surface area contributed by atoms with Crippen molar-refractivity contribution < 1.29 is 10.2 Å². The van der Waals surface area contributed by atoms with Crippen molar-refractivity contribution in [3.8, 4) is 0 Å². The first kappa shape index (κ1) is 6.86. The number of aliphatic hydroxyl groups is 2. The zero-order valence-electron chi connectivity index (χ0n) is 5.76. The summed E-state index contributed by atoms with van der Waals surface area (Å²) in [5.41, 5.74) is 0.861. The topological polar surface area (TPSA) is 52.8 Å². The number of rotatable bonds is 1. The van der Waals surface area contributed by atoms with Gasteiger partial charge in [0.15, 0.2) is 11.5 Å². The number of hydrogen-bond acceptors (Lipinski definition) is 3. The zero-order valence-corrected chi connectivity index (χ0v) is 5.76. The van der Waals surface area contributed by atoms with Crippen LogP contribution in [0.25, 0.3) is 0 Å². The van der Waals surface area contributed by atoms with Gasteiger partial charge in [-0.3, -0.25) is 4.99 Å². The van der Waals surface area contributed by atoms with Gasteiger partial charge in [0.2, 0.25) is 0 Å². The lowest BCUT2D eigenvalue weighted by Crippen LogP contribution is -2.21. The third kappa shape index (κ3) is 0.708. The second-order valence-electron chi connectivity index (χ2n) is 2.00. The molecule has 1 aliphatic carbocycles. The molecule has 2 N–H and O–H groups in total. The Hall–Kier alpha value is -1.25. The highest BCUT2D eigenvalue weighted by Crippen LogP contribution is 2.25. The molecule has 0 bridgehead atoms. The highest BCUT2D eigenvalue weighted by atomic mass is 16.3. The van der Waals surface area contributed by atoms with Gasteiger partial charge in [0.25, 0.3) is 0 Å². The van der Waals surface area contributed by atoms with E-state index in [4.69, 9.17) is 10.2 Å². The van der Waals surface area contributed by atoms with E-state index < -0.39 is 0 Å². The van der Waals surface area contributed by atoms with Crippen molar-refractivity contribution in [1.29, 1.82) is 0 Å². The van der Waals surface area contributed by atoms with Gasteiger partial charge in [-0.25, -0.2) is 0 Å². The Kier molecular flexibility index (Phi) is 1.49. The van der Waals surface area contributed by atoms with Crippen molar-refractivity contribution >= 4 is 5.71 Å². The van der Waals surface area contributed by atoms with Gasteiger partial charge in [0.05, 0.1) is 0 Å². The van der Waals surface area contributed by atoms with Crippen molar-refractivity contribution in [2.24, 2.45) is 4.99 Å². The van der Waals surface area contributed by atoms with Gasteiger partial charge in [0, 0.05) is 12.1 Å². The third-order valence-corrected chi connectivity index (χ3v) is 1.34. The molecule has 1 rings (SSSR count). The van der Waals surface area contributed by atoms with Crippen LogP contribution in [-0.2, 0) is 0 Å². The lowest BCUT2D eigenvalue weighted by atomic mass is 9.96. The Morgan fingerprint density at radius 2 is 2.00 bits per heavy atom. The minimum atomic E-state index is -0.133. The number of hydrogen-bond donors (Lipinski definition) is 2. The van der Waals surface area contributed by atoms with Crippen LogP contribution in [0.2, 0.25) is 0 Å². The van der Waals surface area contributed by atoms with Crippen LogP contribution in [0.3, 0.4) is 0 Å². The average Bonchev–Trinajstić information content (AvgIpc) is 1.98. The summed E-state index contributed by atoms with van der Waals surface area (Å²) in [5.74, 6) is -0.265. The monoisotopic (exact) mass is 139 g/mol. The number of aliphatic hydroxyl groups excluding tert-OH is 2. The highest BCUT2D eigenvalue weighted by molar-refractivity contribution is 6.20. The first-order chi connectivity index (χ1) is 4.68. The maximum absolute atomic E-state index is 8.92. The summed E-state index contributed by atoms with van der Waals surface area (Å²) in [5, 5.41) is 17.7. The quantitative estimate of drug-likeness (QED) is 0.576. The van der Waals surface area contributed by atoms with Crippen LogP contribution >= 0.6 is 0 Å². The fourth-order valence-corrected chi connectivity index (χ4v) is 0.776. The molecular weight excluding hydrogens is 130 g/mol. The second-order valence-corrected chi connectivity index (χ2v) is 2.00. The van der Waals surface area contributed by atoms with Crippen molar-refractivity contribution in [2.45, 2.75) is 6.92 Å². The zero-order chi connectivity index (χ0) is 7.72. The van der Waals surface area contributed by atoms with Gasteiger partial charge in [0.1, 0.15) is 5.71 Å². The van der Waals surface area contributed by atoms with Crippen LogP contribution < -0.4 is 0 Å². The van der Waals surface area contributed by atoms with Crippen LogP contribution in [0.15, 0.2) is 28.7 Å². The Morgan fingerprint density at radius 1 is 1.40 bits per heavy atom. The predicted octanol–water partition coefficient (Wildman–Crippen LogP) is 1.34. The van der Waals surface area contributed by atoms with Crippen LogP contribution in [0.4, 0.5) is 0 Å². The average molecular weight is 139 g/mol. The van der Waals surface area contributed by atoms with Crippen LogP contribution in [0.1, 0.15) is 6.92 Å². The molecule has 0 saturated heterocycles. The number of nitrogens with zero attached hydrogens (tertiary/aromatic N) is 1. The molecule has 0 heterocycles. The van der Waals surface area contributed by atoms with Gasteiger partial charge < -0.3 is 10.2 Å². The predicted molar refractivity (Wildman–Crippen MR) is 39.4 cm³/mol. The fourth-order valence-electron chi connectivity index (χ4n) is 0.776. The smallest absolute Gasteiger partial charge is 0.184 e. The van der Waals surface area contributed by atoms with Gasteiger partial charge in [-0.15, -0.1) is 0 Å². The molecule has 0 spiro atoms. The molecular formula is C7H9NO2. The van der Waals surface area contributed by atoms with Crippen LogP contribution in [0.5, 0.6) is 0 Å². The highest BCUT2D eigenvalue weighted by Gasteiger charge is 2.28. The first-order valence-electron chi connectivity index (χ1n) is 3.05. The summed E-state index contributed by atoms with van der Waals surface area (Å²) in [4.78, 5) is 3.89. The summed E-state index contributed by atoms with van der Waals surface area (Å²) in [6.07, 6.45) is 0. The van der Waals surface area contributed by atoms with Crippen LogP contribution in [-0.4, -0.2) is 22.5 Å². The Bertz CT molecular complexity index is 238. The van der Waals surface area contributed by atoms with E-state index in [0.29, 0.717) is 17.8 Å². The molecule has 0 saturated carbocycles. The van der Waals surface area contributed by atoms with Gasteiger partial charge in [-0.1, -0.05) is 6.58 Å². The minimum absolute atomic E-state index is 0.132. The molecule has 3 heteroatoms. The molecule has 0 aromatic rings. The molecule has 0 atom stereocenters. The van der Waals surface area contributed by atoms with E-state index >= 15 is 0 Å². The molecule has 0 aliphatic heterocycles. The van der Waals surface area contributed by atoms with Gasteiger partial charge >= 0.3 is 0 Å². The molecule has 0 radical (unpaired) electrons. The number of aliphatic imine (C=N–C) groups is 1. The molecule has 0 unspecified atom stereocenters. The molecule has 0 amide bonds. The van der Waals surface area contributed by atoms with E-state index in [1.165, 1.54) is 0 Å². The van der Waals surface area contributed by atoms with Crippen molar-refractivity contribution in [1.82, 2.24) is 0 Å². The molecule has 3 nitrogen and oxygen atoms in total. The van der Waals surface area contributed by atoms with Crippen molar-refractivity contribution in [3.63, 3.8) is 0 Å². The van der Waals surface area contributed by atoms with Gasteiger partial charge in [-0.2, -0.15) is 0 Å². The standard InChI is InChI=1S/C7H9NO2/c1-3-8-5-4(2)6(9)7(5)10/h9-10H,2-3H2,1H3/b8-5-. The molecule has 0 aromatic heterocycles. The summed E-state index contributed by atoms with van der Waals surface area (Å²) in [7, 11) is 0. The second kappa shape index (κ2) is 2.17. The van der Waals surface area contributed by atoms with E-state index in [9.17, 15) is 0 Å². The molecule has 10 heavy (non-hydrogen) atoms. The van der Waals surface area contributed by atoms with E-state index in [1.807, 2.05) is 6.92 Å². The molecule has 0 aromatic carbocycles. The van der Waals surface area contributed by atoms with Gasteiger partial charge in [-0.05, 0) is 6.92 Å². The Balaban J connectivity index is 2.91. The summed E-state index contributed by atoms with van der Waals surface area (Å²) in [6, 6.07) is 0. The minimum Gasteiger partial charge on any atom is -0.504 e. The molecule has 54 valence electrons. The lowest BCUT2D eigenvalue weighted by molar-refractivity contribution is 0.342. The number of allylic oxidation sites excluding steroid dienone is 2. The van der Waals surface area contributed by atoms with Crippen molar-refractivity contribution in [2.75, 3.05) is 6.54 Å². The third-order valence-electron chi connectivity index (χ3n) is 1.34. The lowest BCUT2D eigenvalue weighted by Gasteiger charge is -2.18. The maximum atomic E-state index is 8.92.